The van der Waals surface area contributed by atoms with Crippen LogP contribution in [0.3, 0.4) is 0 Å². The Labute approximate surface area is 144 Å². The van der Waals surface area contributed by atoms with E-state index in [9.17, 15) is 4.79 Å². The molecule has 0 bridgehead atoms. The molecule has 1 aliphatic rings. The minimum atomic E-state index is -0.480. The number of fused-ring (bicyclic) bond motifs is 3. The first-order chi connectivity index (χ1) is 11.2. The van der Waals surface area contributed by atoms with Crippen LogP contribution in [0.15, 0.2) is 12.1 Å². The van der Waals surface area contributed by atoms with E-state index in [0.29, 0.717) is 5.59 Å². The number of carbonyl (C=O) groups is 1. The second kappa shape index (κ2) is 5.83. The van der Waals surface area contributed by atoms with Crippen molar-refractivity contribution in [3.8, 4) is 0 Å². The van der Waals surface area contributed by atoms with Crippen LogP contribution < -0.4 is 5.59 Å². The largest absolute Gasteiger partial charge is 0.444 e. The summed E-state index contributed by atoms with van der Waals surface area (Å²) in [6.45, 7) is 5.66. The number of rotatable bonds is 1. The summed E-state index contributed by atoms with van der Waals surface area (Å²) in [6, 6.07) is 4.01. The van der Waals surface area contributed by atoms with Gasteiger partial charge >= 0.3 is 6.09 Å². The standard InChI is InChI=1S/C18H24BN3O2/c1-18(2,3)24-17(23)21(4)11-6-8-14-13(10-11)12-7-9-15(19)20-16(12)22(14)5/h7,9,11H,6,8,10H2,1-5H3. The van der Waals surface area contributed by atoms with Crippen molar-refractivity contribution in [3.63, 3.8) is 0 Å². The zero-order chi connectivity index (χ0) is 17.6. The maximum Gasteiger partial charge on any atom is 0.410 e. The van der Waals surface area contributed by atoms with E-state index in [1.54, 1.807) is 4.90 Å². The highest BCUT2D eigenvalue weighted by molar-refractivity contribution is 6.31. The highest BCUT2D eigenvalue weighted by Crippen LogP contribution is 2.32. The summed E-state index contributed by atoms with van der Waals surface area (Å²) in [5.74, 6) is 0. The molecule has 0 saturated heterocycles. The Kier molecular flexibility index (Phi) is 4.10. The molecule has 1 aliphatic carbocycles. The maximum absolute atomic E-state index is 12.4. The normalized spacial score (nSPS) is 17.6. The molecule has 0 saturated carbocycles. The SMILES string of the molecule is [B]c1ccc2c3c(n(C)c2n1)CCC(N(C)C(=O)OC(C)(C)C)C3. The Morgan fingerprint density at radius 2 is 2.12 bits per heavy atom. The van der Waals surface area contributed by atoms with Crippen LogP contribution >= 0.6 is 0 Å². The third-order valence-electron chi connectivity index (χ3n) is 4.68. The highest BCUT2D eigenvalue weighted by Gasteiger charge is 2.31. The van der Waals surface area contributed by atoms with E-state index < -0.39 is 5.60 Å². The van der Waals surface area contributed by atoms with Gasteiger partial charge in [-0.05, 0) is 51.2 Å². The number of aromatic nitrogens is 2. The average Bonchev–Trinajstić information content (AvgIpc) is 2.77. The van der Waals surface area contributed by atoms with Gasteiger partial charge in [0.2, 0.25) is 0 Å². The Morgan fingerprint density at radius 1 is 1.42 bits per heavy atom. The molecule has 1 atom stereocenters. The van der Waals surface area contributed by atoms with Crippen molar-refractivity contribution in [2.24, 2.45) is 7.05 Å². The average molecular weight is 325 g/mol. The van der Waals surface area contributed by atoms with Gasteiger partial charge in [0.15, 0.2) is 0 Å². The number of amides is 1. The summed E-state index contributed by atoms with van der Waals surface area (Å²) >= 11 is 0. The summed E-state index contributed by atoms with van der Waals surface area (Å²) in [6.07, 6.45) is 2.38. The molecule has 1 amide bonds. The van der Waals surface area contributed by atoms with Crippen molar-refractivity contribution < 1.29 is 9.53 Å². The summed E-state index contributed by atoms with van der Waals surface area (Å²) < 4.78 is 7.63. The zero-order valence-electron chi connectivity index (χ0n) is 15.1. The molecule has 0 aromatic carbocycles. The van der Waals surface area contributed by atoms with Crippen molar-refractivity contribution in [3.05, 3.63) is 23.4 Å². The molecule has 2 aromatic heterocycles. The van der Waals surface area contributed by atoms with Crippen LogP contribution in [-0.4, -0.2) is 47.1 Å². The van der Waals surface area contributed by atoms with Crippen LogP contribution in [0, 0.1) is 0 Å². The van der Waals surface area contributed by atoms with E-state index in [0.717, 1.165) is 30.3 Å². The van der Waals surface area contributed by atoms with Crippen LogP contribution in [0.25, 0.3) is 11.0 Å². The predicted octanol–water partition coefficient (Wildman–Crippen LogP) is 2.09. The number of hydrogen-bond acceptors (Lipinski definition) is 3. The highest BCUT2D eigenvalue weighted by atomic mass is 16.6. The minimum Gasteiger partial charge on any atom is -0.444 e. The lowest BCUT2D eigenvalue weighted by Crippen LogP contribution is -2.43. The van der Waals surface area contributed by atoms with Gasteiger partial charge in [-0.2, -0.15) is 0 Å². The van der Waals surface area contributed by atoms with E-state index in [1.807, 2.05) is 47.0 Å². The molecule has 0 aliphatic heterocycles. The number of nitrogens with zero attached hydrogens (tertiary/aromatic N) is 3. The molecule has 0 N–H and O–H groups in total. The van der Waals surface area contributed by atoms with Crippen molar-refractivity contribution in [1.82, 2.24) is 14.5 Å². The first-order valence-electron chi connectivity index (χ1n) is 8.36. The van der Waals surface area contributed by atoms with Gasteiger partial charge in [0.1, 0.15) is 19.1 Å². The Hall–Kier alpha value is -1.98. The molecule has 2 radical (unpaired) electrons. The van der Waals surface area contributed by atoms with Crippen molar-refractivity contribution in [2.75, 3.05) is 7.05 Å². The fourth-order valence-corrected chi connectivity index (χ4v) is 3.44. The smallest absolute Gasteiger partial charge is 0.410 e. The lowest BCUT2D eigenvalue weighted by atomic mass is 9.90. The molecule has 1 unspecified atom stereocenters. The lowest BCUT2D eigenvalue weighted by molar-refractivity contribution is 0.0210. The van der Waals surface area contributed by atoms with Gasteiger partial charge in [-0.25, -0.2) is 9.78 Å². The Balaban J connectivity index is 1.88. The third kappa shape index (κ3) is 3.02. The van der Waals surface area contributed by atoms with Crippen LogP contribution in [0.2, 0.25) is 0 Å². The zero-order valence-corrected chi connectivity index (χ0v) is 15.1. The van der Waals surface area contributed by atoms with Gasteiger partial charge in [0.25, 0.3) is 0 Å². The fraction of sp³-hybridized carbons (Fsp3) is 0.556. The van der Waals surface area contributed by atoms with Gasteiger partial charge in [-0.3, -0.25) is 0 Å². The summed E-state index contributed by atoms with van der Waals surface area (Å²) in [4.78, 5) is 18.6. The molecular weight excluding hydrogens is 301 g/mol. The summed E-state index contributed by atoms with van der Waals surface area (Å²) in [7, 11) is 9.69. The topological polar surface area (TPSA) is 47.4 Å². The number of hydrogen-bond donors (Lipinski definition) is 0. The van der Waals surface area contributed by atoms with Gasteiger partial charge < -0.3 is 14.2 Å². The molecule has 2 heterocycles. The molecule has 0 fully saturated rings. The molecule has 24 heavy (non-hydrogen) atoms. The first kappa shape index (κ1) is 16.9. The molecule has 6 heteroatoms. The second-order valence-corrected chi connectivity index (χ2v) is 7.58. The fourth-order valence-electron chi connectivity index (χ4n) is 3.44. The number of carbonyl (C=O) groups excluding carboxylic acids is 1. The first-order valence-corrected chi connectivity index (χ1v) is 8.36. The van der Waals surface area contributed by atoms with Crippen LogP contribution in [0.5, 0.6) is 0 Å². The number of ether oxygens (including phenoxy) is 1. The lowest BCUT2D eigenvalue weighted by Gasteiger charge is -2.33. The monoisotopic (exact) mass is 325 g/mol. The van der Waals surface area contributed by atoms with E-state index in [1.165, 1.54) is 11.3 Å². The third-order valence-corrected chi connectivity index (χ3v) is 4.68. The van der Waals surface area contributed by atoms with Gasteiger partial charge in [0.05, 0.1) is 0 Å². The summed E-state index contributed by atoms with van der Waals surface area (Å²) in [5, 5.41) is 1.13. The summed E-state index contributed by atoms with van der Waals surface area (Å²) in [5.41, 5.74) is 3.53. The second-order valence-electron chi connectivity index (χ2n) is 7.58. The molecule has 2 aromatic rings. The maximum atomic E-state index is 12.4. The predicted molar refractivity (Wildman–Crippen MR) is 95.9 cm³/mol. The molecular formula is C18H24BN3O2. The van der Waals surface area contributed by atoms with E-state index in [2.05, 4.69) is 9.55 Å². The van der Waals surface area contributed by atoms with Gasteiger partial charge in [-0.15, -0.1) is 0 Å². The molecule has 126 valence electrons. The van der Waals surface area contributed by atoms with Crippen molar-refractivity contribution in [1.29, 1.82) is 0 Å². The Bertz CT molecular complexity index is 792. The van der Waals surface area contributed by atoms with Crippen LogP contribution in [0.1, 0.15) is 38.4 Å². The van der Waals surface area contributed by atoms with E-state index >= 15 is 0 Å². The molecule has 3 rings (SSSR count). The van der Waals surface area contributed by atoms with Crippen molar-refractivity contribution >= 4 is 30.6 Å². The molecule has 5 nitrogen and oxygen atoms in total. The quantitative estimate of drug-likeness (QED) is 0.755. The molecule has 0 spiro atoms. The Morgan fingerprint density at radius 3 is 2.79 bits per heavy atom. The van der Waals surface area contributed by atoms with E-state index in [4.69, 9.17) is 12.6 Å². The van der Waals surface area contributed by atoms with Gasteiger partial charge in [0, 0.05) is 31.2 Å². The van der Waals surface area contributed by atoms with Crippen molar-refractivity contribution in [2.45, 2.75) is 51.7 Å². The minimum absolute atomic E-state index is 0.135. The van der Waals surface area contributed by atoms with Gasteiger partial charge in [-0.1, -0.05) is 12.1 Å². The van der Waals surface area contributed by atoms with Crippen LogP contribution in [-0.2, 0) is 24.6 Å². The number of aryl methyl sites for hydroxylation is 1. The van der Waals surface area contributed by atoms with E-state index in [-0.39, 0.29) is 12.1 Å². The number of pyridine rings is 1. The van der Waals surface area contributed by atoms with Crippen LogP contribution in [0.4, 0.5) is 4.79 Å². The number of likely N-dealkylation sites (N-methyl/N-ethyl adjacent to an activating group) is 1.